The second-order valence-electron chi connectivity index (χ2n) is 5.81. The molecule has 1 radical (unpaired) electrons. The van der Waals surface area contributed by atoms with Crippen LogP contribution in [-0.4, -0.2) is 14.9 Å². The van der Waals surface area contributed by atoms with Gasteiger partial charge in [-0.15, -0.1) is 0 Å². The fourth-order valence-electron chi connectivity index (χ4n) is 2.67. The summed E-state index contributed by atoms with van der Waals surface area (Å²) in [6, 6.07) is 23.0. The number of rotatable bonds is 6. The van der Waals surface area contributed by atoms with Gasteiger partial charge in [0.1, 0.15) is 0 Å². The van der Waals surface area contributed by atoms with Crippen LogP contribution in [0.15, 0.2) is 79.1 Å². The fourth-order valence-corrected chi connectivity index (χ4v) is 2.67. The molecule has 0 unspecified atom stereocenters. The maximum atomic E-state index is 6.75. The first kappa shape index (κ1) is 26.6. The number of nitrogens with zero attached hydrogens (tertiary/aromatic N) is 9. The third-order valence-corrected chi connectivity index (χ3v) is 4.01. The number of hydrogen-bond donors (Lipinski definition) is 0. The first-order valence-electron chi connectivity index (χ1n) is 8.72. The predicted molar refractivity (Wildman–Crippen MR) is 113 cm³/mol. The zero-order valence-electron chi connectivity index (χ0n) is 16.3. The summed E-state index contributed by atoms with van der Waals surface area (Å²) in [7, 11) is 0. The van der Waals surface area contributed by atoms with E-state index in [1.165, 1.54) is 15.4 Å². The number of aromatic nitrogens is 2. The summed E-state index contributed by atoms with van der Waals surface area (Å²) in [5, 5.41) is 0. The predicted octanol–water partition coefficient (Wildman–Crippen LogP) is 5.97. The van der Waals surface area contributed by atoms with E-state index in [-0.39, 0.29) is 17.1 Å². The molecule has 2 aromatic heterocycles. The quantitative estimate of drug-likeness (QED) is 0.197. The third kappa shape index (κ3) is 10.2. The van der Waals surface area contributed by atoms with Gasteiger partial charge in [-0.25, -0.2) is 0 Å². The first-order valence-corrected chi connectivity index (χ1v) is 8.72. The second kappa shape index (κ2) is 16.6. The monoisotopic (exact) mass is 450 g/mol. The Labute approximate surface area is 186 Å². The Kier molecular flexibility index (Phi) is 14.7. The molecule has 0 N–H and O–H groups in total. The number of benzene rings is 1. The van der Waals surface area contributed by atoms with E-state index in [1.807, 2.05) is 36.7 Å². The molecule has 3 rings (SSSR count). The fraction of sp³-hybridized carbons (Fsp3) is 0.200. The molecule has 10 heteroatoms. The van der Waals surface area contributed by atoms with E-state index in [0.29, 0.717) is 6.04 Å². The van der Waals surface area contributed by atoms with E-state index < -0.39 is 0 Å². The zero-order valence-corrected chi connectivity index (χ0v) is 17.3. The Morgan fingerprint density at radius 3 is 1.50 bits per heavy atom. The third-order valence-electron chi connectivity index (χ3n) is 4.01. The molecule has 157 valence electrons. The van der Waals surface area contributed by atoms with Crippen LogP contribution in [0.4, 0.5) is 0 Å². The van der Waals surface area contributed by atoms with Gasteiger partial charge in [0.15, 0.2) is 0 Å². The molecule has 0 saturated heterocycles. The Morgan fingerprint density at radius 1 is 0.733 bits per heavy atom. The first-order chi connectivity index (χ1) is 14.2. The van der Waals surface area contributed by atoms with Crippen LogP contribution in [0.1, 0.15) is 29.9 Å². The van der Waals surface area contributed by atoms with Crippen molar-refractivity contribution in [3.05, 3.63) is 128 Å². The van der Waals surface area contributed by atoms with Crippen molar-refractivity contribution in [2.24, 2.45) is 0 Å². The molecular weight excluding hydrogens is 430 g/mol. The van der Waals surface area contributed by atoms with Crippen LogP contribution < -0.4 is 0 Å². The summed E-state index contributed by atoms with van der Waals surface area (Å²) in [5.41, 5.74) is 30.5. The molecule has 0 fully saturated rings. The van der Waals surface area contributed by atoms with Crippen LogP contribution in [0.3, 0.4) is 0 Å². The standard InChI is InChI=1S/C20H21N3.Cu.2N3/c1-17(18-9-3-2-4-10-18)23(15-19-11-5-7-13-21-19)16-20-12-6-8-14-22-20;;2*1-3-2/h2-14,17H,15-16H2,1H3;;;/q;+2;2*-1/t17-;;;/m0.../s1. The average molecular weight is 451 g/mol. The van der Waals surface area contributed by atoms with Crippen LogP contribution in [0.2, 0.25) is 0 Å². The van der Waals surface area contributed by atoms with Gasteiger partial charge in [-0.2, -0.15) is 0 Å². The molecule has 0 aliphatic rings. The van der Waals surface area contributed by atoms with E-state index in [0.717, 1.165) is 24.5 Å². The Balaban J connectivity index is 0.00000108. The molecule has 0 aliphatic heterocycles. The van der Waals surface area contributed by atoms with Crippen LogP contribution in [-0.2, 0) is 30.2 Å². The van der Waals surface area contributed by atoms with Gasteiger partial charge in [0, 0.05) is 31.5 Å². The summed E-state index contributed by atoms with van der Waals surface area (Å²) in [5.74, 6) is 0. The smallest absolute Gasteiger partial charge is 0.373 e. The van der Waals surface area contributed by atoms with Crippen molar-refractivity contribution in [1.82, 2.24) is 14.9 Å². The molecular formula is C20H21CuN9. The summed E-state index contributed by atoms with van der Waals surface area (Å²) < 4.78 is 0. The van der Waals surface area contributed by atoms with Crippen LogP contribution in [0.5, 0.6) is 0 Å². The largest absolute Gasteiger partial charge is 2.00 e. The van der Waals surface area contributed by atoms with Crippen molar-refractivity contribution in [2.75, 3.05) is 0 Å². The van der Waals surface area contributed by atoms with Gasteiger partial charge >= 0.3 is 17.1 Å². The minimum atomic E-state index is 0. The molecule has 0 amide bonds. The molecule has 0 aliphatic carbocycles. The summed E-state index contributed by atoms with van der Waals surface area (Å²) in [6.45, 7) is 3.84. The Morgan fingerprint density at radius 2 is 1.13 bits per heavy atom. The van der Waals surface area contributed by atoms with Crippen molar-refractivity contribution >= 4 is 0 Å². The molecule has 2 heterocycles. The maximum absolute atomic E-state index is 6.75. The minimum absolute atomic E-state index is 0. The molecule has 0 bridgehead atoms. The molecule has 3 aromatic rings. The molecule has 0 spiro atoms. The molecule has 1 aromatic carbocycles. The molecule has 9 nitrogen and oxygen atoms in total. The summed E-state index contributed by atoms with van der Waals surface area (Å²) in [6.07, 6.45) is 3.70. The van der Waals surface area contributed by atoms with E-state index in [4.69, 9.17) is 22.1 Å². The number of hydrogen-bond acceptors (Lipinski definition) is 3. The van der Waals surface area contributed by atoms with Crippen molar-refractivity contribution in [2.45, 2.75) is 26.1 Å². The number of pyridine rings is 2. The van der Waals surface area contributed by atoms with Crippen molar-refractivity contribution in [1.29, 1.82) is 0 Å². The Bertz CT molecular complexity index is 826. The maximum Gasteiger partial charge on any atom is 2.00 e. The van der Waals surface area contributed by atoms with Gasteiger partial charge in [-0.05, 0) is 36.8 Å². The topological polar surface area (TPSA) is 146 Å². The van der Waals surface area contributed by atoms with Crippen molar-refractivity contribution in [3.63, 3.8) is 0 Å². The van der Waals surface area contributed by atoms with Gasteiger partial charge in [0.2, 0.25) is 0 Å². The van der Waals surface area contributed by atoms with Crippen molar-refractivity contribution in [3.8, 4) is 0 Å². The van der Waals surface area contributed by atoms with Gasteiger partial charge in [-0.3, -0.25) is 24.7 Å². The SMILES string of the molecule is C[C@@H](c1ccccc1)N(Cc1ccccn1)Cc1ccccn1.[Cu+2].[N-]=[N+]=[N-].[N-]=[N+]=[N-]. The van der Waals surface area contributed by atoms with Crippen molar-refractivity contribution < 1.29 is 17.1 Å². The zero-order chi connectivity index (χ0) is 21.3. The van der Waals surface area contributed by atoms with E-state index in [2.05, 4.69) is 64.3 Å². The van der Waals surface area contributed by atoms with E-state index in [9.17, 15) is 0 Å². The molecule has 30 heavy (non-hydrogen) atoms. The minimum Gasteiger partial charge on any atom is -0.373 e. The van der Waals surface area contributed by atoms with Crippen LogP contribution in [0, 0.1) is 0 Å². The van der Waals surface area contributed by atoms with E-state index in [1.54, 1.807) is 0 Å². The van der Waals surface area contributed by atoms with Gasteiger partial charge in [0.05, 0.1) is 11.4 Å². The average Bonchev–Trinajstić information content (AvgIpc) is 2.76. The normalized spacial score (nSPS) is 9.93. The molecule has 0 saturated carbocycles. The van der Waals surface area contributed by atoms with Crippen LogP contribution in [0.25, 0.3) is 31.9 Å². The van der Waals surface area contributed by atoms with Gasteiger partial charge in [-0.1, -0.05) is 42.5 Å². The Hall–Kier alpha value is -3.38. The molecule has 1 atom stereocenters. The summed E-state index contributed by atoms with van der Waals surface area (Å²) >= 11 is 0. The van der Waals surface area contributed by atoms with E-state index >= 15 is 0 Å². The van der Waals surface area contributed by atoms with Gasteiger partial charge < -0.3 is 22.1 Å². The second-order valence-corrected chi connectivity index (χ2v) is 5.81. The summed E-state index contributed by atoms with van der Waals surface area (Å²) in [4.78, 5) is 14.4. The van der Waals surface area contributed by atoms with Crippen LogP contribution >= 0.6 is 0 Å². The van der Waals surface area contributed by atoms with Gasteiger partial charge in [0.25, 0.3) is 0 Å².